The zero-order chi connectivity index (χ0) is 17.5. The number of nitrogens with zero attached hydrogens (tertiary/aromatic N) is 5. The van der Waals surface area contributed by atoms with Crippen molar-refractivity contribution in [3.63, 3.8) is 0 Å². The molecule has 0 unspecified atom stereocenters. The molecule has 0 radical (unpaired) electrons. The van der Waals surface area contributed by atoms with E-state index in [9.17, 15) is 4.79 Å². The largest absolute Gasteiger partial charge is 0.343 e. The van der Waals surface area contributed by atoms with Crippen LogP contribution in [0.2, 0.25) is 0 Å². The Kier molecular flexibility index (Phi) is 3.58. The molecule has 7 nitrogen and oxygen atoms in total. The fourth-order valence-electron chi connectivity index (χ4n) is 4.16. The lowest BCUT2D eigenvalue weighted by molar-refractivity contribution is -0.127. The SMILES string of the molecule is O=C1CCCN1CC[C@H]1CN(c2ncnc3[nH]ncc23)c2ccccc21. The number of likely N-dealkylation sites (tertiary alicyclic amines) is 1. The number of H-pyrrole nitrogens is 1. The normalized spacial score (nSPS) is 19.5. The van der Waals surface area contributed by atoms with Crippen molar-refractivity contribution in [3.8, 4) is 0 Å². The first kappa shape index (κ1) is 15.3. The minimum absolute atomic E-state index is 0.295. The van der Waals surface area contributed by atoms with Gasteiger partial charge in [-0.1, -0.05) is 18.2 Å². The Hall–Kier alpha value is -2.96. The molecule has 0 aliphatic carbocycles. The highest BCUT2D eigenvalue weighted by atomic mass is 16.2. The van der Waals surface area contributed by atoms with Gasteiger partial charge in [-0.15, -0.1) is 0 Å². The zero-order valence-corrected chi connectivity index (χ0v) is 14.4. The molecule has 132 valence electrons. The summed E-state index contributed by atoms with van der Waals surface area (Å²) in [5.41, 5.74) is 3.26. The third-order valence-electron chi connectivity index (χ3n) is 5.47. The fraction of sp³-hybridized carbons (Fsp3) is 0.368. The molecule has 4 heterocycles. The van der Waals surface area contributed by atoms with Gasteiger partial charge in [-0.05, 0) is 24.5 Å². The molecule has 1 saturated heterocycles. The summed E-state index contributed by atoms with van der Waals surface area (Å²) >= 11 is 0. The van der Waals surface area contributed by atoms with Crippen LogP contribution in [0.5, 0.6) is 0 Å². The van der Waals surface area contributed by atoms with E-state index >= 15 is 0 Å². The van der Waals surface area contributed by atoms with Gasteiger partial charge in [0.25, 0.3) is 0 Å². The Bertz CT molecular complexity index is 967. The third-order valence-corrected chi connectivity index (χ3v) is 5.47. The summed E-state index contributed by atoms with van der Waals surface area (Å²) in [6, 6.07) is 8.49. The monoisotopic (exact) mass is 348 g/mol. The Balaban J connectivity index is 1.45. The number of aromatic nitrogens is 4. The summed E-state index contributed by atoms with van der Waals surface area (Å²) in [5, 5.41) is 7.95. The van der Waals surface area contributed by atoms with E-state index in [4.69, 9.17) is 0 Å². The van der Waals surface area contributed by atoms with E-state index in [2.05, 4.69) is 49.3 Å². The van der Waals surface area contributed by atoms with Gasteiger partial charge in [0.05, 0.1) is 11.6 Å². The zero-order valence-electron chi connectivity index (χ0n) is 14.4. The number of benzene rings is 1. The van der Waals surface area contributed by atoms with Crippen LogP contribution in [0.15, 0.2) is 36.8 Å². The van der Waals surface area contributed by atoms with Crippen molar-refractivity contribution in [3.05, 3.63) is 42.4 Å². The summed E-state index contributed by atoms with van der Waals surface area (Å²) in [6.45, 7) is 2.59. The van der Waals surface area contributed by atoms with E-state index < -0.39 is 0 Å². The molecule has 7 heteroatoms. The molecule has 0 bridgehead atoms. The molecule has 2 aliphatic rings. The highest BCUT2D eigenvalue weighted by Gasteiger charge is 2.32. The molecular formula is C19H20N6O. The van der Waals surface area contributed by atoms with Crippen molar-refractivity contribution < 1.29 is 4.79 Å². The lowest BCUT2D eigenvalue weighted by atomic mass is 9.98. The van der Waals surface area contributed by atoms with Gasteiger partial charge in [-0.2, -0.15) is 5.10 Å². The maximum absolute atomic E-state index is 11.9. The average Bonchev–Trinajstić information content (AvgIpc) is 3.38. The number of rotatable bonds is 4. The van der Waals surface area contributed by atoms with E-state index in [1.54, 1.807) is 12.5 Å². The highest BCUT2D eigenvalue weighted by Crippen LogP contribution is 2.43. The Morgan fingerprint density at radius 1 is 1.23 bits per heavy atom. The number of carbonyl (C=O) groups is 1. The minimum Gasteiger partial charge on any atom is -0.343 e. The number of para-hydroxylation sites is 1. The first-order chi connectivity index (χ1) is 12.8. The maximum atomic E-state index is 11.9. The van der Waals surface area contributed by atoms with Crippen molar-refractivity contribution in [2.45, 2.75) is 25.2 Å². The summed E-state index contributed by atoms with van der Waals surface area (Å²) in [5.74, 6) is 1.57. The fourth-order valence-corrected chi connectivity index (χ4v) is 4.16. The van der Waals surface area contributed by atoms with E-state index in [1.807, 2.05) is 4.90 Å². The molecule has 1 aromatic carbocycles. The van der Waals surface area contributed by atoms with Gasteiger partial charge in [0.15, 0.2) is 5.65 Å². The van der Waals surface area contributed by atoms with Crippen LogP contribution in [0.25, 0.3) is 11.0 Å². The molecule has 1 atom stereocenters. The molecule has 26 heavy (non-hydrogen) atoms. The standard InChI is InChI=1S/C19H20N6O/c26-17-6-3-8-24(17)9-7-13-11-25(16-5-2-1-4-14(13)16)19-15-10-22-23-18(15)20-12-21-19/h1-2,4-5,10,12-13H,3,6-9,11H2,(H,20,21,22,23)/t13-/m0/s1. The molecule has 2 aromatic heterocycles. The Morgan fingerprint density at radius 2 is 2.15 bits per heavy atom. The highest BCUT2D eigenvalue weighted by molar-refractivity contribution is 5.90. The lowest BCUT2D eigenvalue weighted by Crippen LogP contribution is -2.27. The van der Waals surface area contributed by atoms with Crippen LogP contribution >= 0.6 is 0 Å². The predicted octanol–water partition coefficient (Wildman–Crippen LogP) is 2.60. The van der Waals surface area contributed by atoms with Crippen molar-refractivity contribution in [1.82, 2.24) is 25.1 Å². The Labute approximate surface area is 151 Å². The molecule has 1 amide bonds. The van der Waals surface area contributed by atoms with Crippen molar-refractivity contribution >= 4 is 28.4 Å². The number of fused-ring (bicyclic) bond motifs is 2. The smallest absolute Gasteiger partial charge is 0.222 e. The molecule has 1 fully saturated rings. The summed E-state index contributed by atoms with van der Waals surface area (Å²) in [4.78, 5) is 25.0. The minimum atomic E-state index is 0.295. The van der Waals surface area contributed by atoms with Gasteiger partial charge in [0, 0.05) is 37.7 Å². The molecule has 3 aromatic rings. The van der Waals surface area contributed by atoms with Gasteiger partial charge < -0.3 is 9.80 Å². The number of hydrogen-bond acceptors (Lipinski definition) is 5. The van der Waals surface area contributed by atoms with Crippen LogP contribution in [-0.2, 0) is 4.79 Å². The molecule has 0 saturated carbocycles. The second kappa shape index (κ2) is 6.09. The van der Waals surface area contributed by atoms with E-state index in [-0.39, 0.29) is 0 Å². The maximum Gasteiger partial charge on any atom is 0.222 e. The van der Waals surface area contributed by atoms with E-state index in [0.29, 0.717) is 18.2 Å². The van der Waals surface area contributed by atoms with E-state index in [1.165, 1.54) is 11.3 Å². The number of anilines is 2. The average molecular weight is 348 g/mol. The number of nitrogens with one attached hydrogen (secondary N) is 1. The summed E-state index contributed by atoms with van der Waals surface area (Å²) in [6.07, 6.45) is 6.02. The van der Waals surface area contributed by atoms with Gasteiger partial charge in [0.1, 0.15) is 12.1 Å². The quantitative estimate of drug-likeness (QED) is 0.784. The van der Waals surface area contributed by atoms with Gasteiger partial charge in [-0.3, -0.25) is 9.89 Å². The third kappa shape index (κ3) is 2.42. The molecular weight excluding hydrogens is 328 g/mol. The first-order valence-electron chi connectivity index (χ1n) is 9.09. The predicted molar refractivity (Wildman–Crippen MR) is 98.3 cm³/mol. The van der Waals surface area contributed by atoms with Crippen LogP contribution in [0.4, 0.5) is 11.5 Å². The molecule has 1 N–H and O–H groups in total. The lowest BCUT2D eigenvalue weighted by Gasteiger charge is -2.20. The molecule has 0 spiro atoms. The van der Waals surface area contributed by atoms with Gasteiger partial charge in [0.2, 0.25) is 5.91 Å². The van der Waals surface area contributed by atoms with Gasteiger partial charge >= 0.3 is 0 Å². The second-order valence-electron chi connectivity index (χ2n) is 6.97. The van der Waals surface area contributed by atoms with Gasteiger partial charge in [-0.25, -0.2) is 9.97 Å². The topological polar surface area (TPSA) is 78.0 Å². The van der Waals surface area contributed by atoms with Crippen molar-refractivity contribution in [1.29, 1.82) is 0 Å². The Morgan fingerprint density at radius 3 is 3.04 bits per heavy atom. The summed E-state index contributed by atoms with van der Waals surface area (Å²) < 4.78 is 0. The van der Waals surface area contributed by atoms with Crippen LogP contribution < -0.4 is 4.90 Å². The van der Waals surface area contributed by atoms with Crippen LogP contribution in [0.3, 0.4) is 0 Å². The number of hydrogen-bond donors (Lipinski definition) is 1. The van der Waals surface area contributed by atoms with E-state index in [0.717, 1.165) is 49.3 Å². The number of amides is 1. The first-order valence-corrected chi connectivity index (χ1v) is 9.09. The number of aromatic amines is 1. The van der Waals surface area contributed by atoms with Crippen LogP contribution in [-0.4, -0.2) is 50.6 Å². The summed E-state index contributed by atoms with van der Waals surface area (Å²) in [7, 11) is 0. The molecule has 5 rings (SSSR count). The molecule has 2 aliphatic heterocycles. The van der Waals surface area contributed by atoms with Crippen molar-refractivity contribution in [2.75, 3.05) is 24.5 Å². The second-order valence-corrected chi connectivity index (χ2v) is 6.97. The van der Waals surface area contributed by atoms with Crippen LogP contribution in [0, 0.1) is 0 Å². The number of carbonyl (C=O) groups excluding carboxylic acids is 1. The van der Waals surface area contributed by atoms with Crippen LogP contribution in [0.1, 0.15) is 30.7 Å². The van der Waals surface area contributed by atoms with Crippen molar-refractivity contribution in [2.24, 2.45) is 0 Å².